The lowest BCUT2D eigenvalue weighted by molar-refractivity contribution is -0.112. The summed E-state index contributed by atoms with van der Waals surface area (Å²) in [5, 5.41) is 12.7. The number of halogens is 1. The molecule has 0 aliphatic carbocycles. The van der Waals surface area contributed by atoms with Gasteiger partial charge in [0.25, 0.3) is 5.91 Å². The van der Waals surface area contributed by atoms with E-state index in [9.17, 15) is 18.5 Å². The van der Waals surface area contributed by atoms with Gasteiger partial charge in [0.2, 0.25) is 0 Å². The van der Waals surface area contributed by atoms with E-state index >= 15 is 0 Å². The first-order chi connectivity index (χ1) is 16.6. The highest BCUT2D eigenvalue weighted by atomic mass is 35.5. The van der Waals surface area contributed by atoms with E-state index in [-0.39, 0.29) is 28.6 Å². The number of aryl methyl sites for hydroxylation is 1. The van der Waals surface area contributed by atoms with Gasteiger partial charge in [-0.1, -0.05) is 41.4 Å². The number of nitrogens with zero attached hydrogens (tertiary/aromatic N) is 1. The maximum atomic E-state index is 12.7. The Morgan fingerprint density at radius 3 is 2.46 bits per heavy atom. The molecule has 7 nitrogen and oxygen atoms in total. The van der Waals surface area contributed by atoms with Crippen molar-refractivity contribution < 1.29 is 22.1 Å². The van der Waals surface area contributed by atoms with E-state index in [4.69, 9.17) is 20.5 Å². The Labute approximate surface area is 209 Å². The molecule has 3 aromatic rings. The fourth-order valence-corrected chi connectivity index (χ4v) is 4.18. The largest absolute Gasteiger partial charge is 0.490 e. The lowest BCUT2D eigenvalue weighted by Gasteiger charge is -2.13. The Balaban J connectivity index is 1.89. The van der Waals surface area contributed by atoms with Crippen LogP contribution in [0.25, 0.3) is 6.08 Å². The van der Waals surface area contributed by atoms with Gasteiger partial charge in [-0.15, -0.1) is 0 Å². The molecule has 0 aliphatic heterocycles. The molecule has 0 saturated heterocycles. The molecule has 0 aliphatic rings. The summed E-state index contributed by atoms with van der Waals surface area (Å²) < 4.78 is 36.3. The zero-order chi connectivity index (χ0) is 25.6. The predicted octanol–water partition coefficient (Wildman–Crippen LogP) is 5.67. The molecule has 0 heterocycles. The van der Waals surface area contributed by atoms with Crippen LogP contribution in [0, 0.1) is 25.2 Å². The molecular formula is C26H23ClN2O5S. The van der Waals surface area contributed by atoms with Gasteiger partial charge >= 0.3 is 10.1 Å². The van der Waals surface area contributed by atoms with Gasteiger partial charge in [-0.05, 0) is 74.4 Å². The van der Waals surface area contributed by atoms with Gasteiger partial charge < -0.3 is 14.2 Å². The Kier molecular flexibility index (Phi) is 8.18. The van der Waals surface area contributed by atoms with Crippen molar-refractivity contribution in [1.82, 2.24) is 0 Å². The number of nitriles is 1. The number of anilines is 1. The van der Waals surface area contributed by atoms with E-state index in [2.05, 4.69) is 5.32 Å². The first-order valence-electron chi connectivity index (χ1n) is 10.6. The van der Waals surface area contributed by atoms with Gasteiger partial charge in [-0.25, -0.2) is 0 Å². The highest BCUT2D eigenvalue weighted by Crippen LogP contribution is 2.32. The molecule has 0 radical (unpaired) electrons. The number of carbonyl (C=O) groups excluding carboxylic acids is 1. The Bertz CT molecular complexity index is 1430. The summed E-state index contributed by atoms with van der Waals surface area (Å²) in [6.07, 6.45) is 1.37. The SMILES string of the molecule is CCOc1cc(/C=C(\C#N)C(=O)Nc2cccc(Cl)c2C)ccc1OS(=O)(=O)c1ccc(C)cc1. The quantitative estimate of drug-likeness (QED) is 0.238. The molecule has 3 rings (SSSR count). The third kappa shape index (κ3) is 6.41. The molecule has 0 unspecified atom stereocenters. The minimum Gasteiger partial charge on any atom is -0.490 e. The fourth-order valence-electron chi connectivity index (χ4n) is 3.07. The first kappa shape index (κ1) is 25.8. The van der Waals surface area contributed by atoms with Crippen molar-refractivity contribution in [2.24, 2.45) is 0 Å². The molecule has 0 atom stereocenters. The maximum absolute atomic E-state index is 12.7. The van der Waals surface area contributed by atoms with Crippen molar-refractivity contribution in [2.45, 2.75) is 25.7 Å². The van der Waals surface area contributed by atoms with Crippen molar-refractivity contribution >= 4 is 39.4 Å². The number of ether oxygens (including phenoxy) is 1. The molecule has 0 saturated carbocycles. The molecule has 0 fully saturated rings. The number of hydrogen-bond acceptors (Lipinski definition) is 6. The topological polar surface area (TPSA) is 105 Å². The number of nitrogens with one attached hydrogen (secondary N) is 1. The zero-order valence-corrected chi connectivity index (χ0v) is 20.9. The van der Waals surface area contributed by atoms with Gasteiger partial charge in [0.05, 0.1) is 6.61 Å². The monoisotopic (exact) mass is 510 g/mol. The van der Waals surface area contributed by atoms with Crippen LogP contribution >= 0.6 is 11.6 Å². The van der Waals surface area contributed by atoms with Crippen molar-refractivity contribution in [3.63, 3.8) is 0 Å². The van der Waals surface area contributed by atoms with E-state index in [0.29, 0.717) is 21.8 Å². The summed E-state index contributed by atoms with van der Waals surface area (Å²) in [6.45, 7) is 5.59. The zero-order valence-electron chi connectivity index (χ0n) is 19.3. The summed E-state index contributed by atoms with van der Waals surface area (Å²) in [6, 6.07) is 17.7. The Morgan fingerprint density at radius 2 is 1.80 bits per heavy atom. The summed E-state index contributed by atoms with van der Waals surface area (Å²) in [4.78, 5) is 12.7. The molecular weight excluding hydrogens is 488 g/mol. The molecule has 0 aromatic heterocycles. The Hall–Kier alpha value is -3.80. The highest BCUT2D eigenvalue weighted by molar-refractivity contribution is 7.87. The number of hydrogen-bond donors (Lipinski definition) is 1. The molecule has 1 amide bonds. The number of amides is 1. The van der Waals surface area contributed by atoms with Crippen LogP contribution in [0.4, 0.5) is 5.69 Å². The molecule has 1 N–H and O–H groups in total. The second-order valence-corrected chi connectivity index (χ2v) is 9.48. The summed E-state index contributed by atoms with van der Waals surface area (Å²) in [7, 11) is -4.09. The first-order valence-corrected chi connectivity index (χ1v) is 12.4. The normalized spacial score (nSPS) is 11.5. The summed E-state index contributed by atoms with van der Waals surface area (Å²) in [5.41, 5.74) is 2.37. The predicted molar refractivity (Wildman–Crippen MR) is 135 cm³/mol. The van der Waals surface area contributed by atoms with Gasteiger partial charge in [-0.2, -0.15) is 13.7 Å². The van der Waals surface area contributed by atoms with Crippen LogP contribution < -0.4 is 14.2 Å². The van der Waals surface area contributed by atoms with Crippen molar-refractivity contribution in [3.8, 4) is 17.6 Å². The average Bonchev–Trinajstić information content (AvgIpc) is 2.82. The minimum absolute atomic E-state index is 0.00858. The van der Waals surface area contributed by atoms with Crippen LogP contribution in [-0.2, 0) is 14.9 Å². The van der Waals surface area contributed by atoms with E-state index in [1.165, 1.54) is 36.4 Å². The molecule has 3 aromatic carbocycles. The van der Waals surface area contributed by atoms with Crippen LogP contribution in [0.5, 0.6) is 11.5 Å². The van der Waals surface area contributed by atoms with Crippen LogP contribution in [-0.4, -0.2) is 20.9 Å². The number of rotatable bonds is 8. The summed E-state index contributed by atoms with van der Waals surface area (Å²) >= 11 is 6.09. The minimum atomic E-state index is -4.09. The molecule has 9 heteroatoms. The van der Waals surface area contributed by atoms with Gasteiger partial charge in [0, 0.05) is 10.7 Å². The van der Waals surface area contributed by atoms with E-state index in [1.54, 1.807) is 44.2 Å². The number of carbonyl (C=O) groups is 1. The van der Waals surface area contributed by atoms with Gasteiger partial charge in [0.15, 0.2) is 11.5 Å². The molecule has 0 spiro atoms. The smallest absolute Gasteiger partial charge is 0.339 e. The van der Waals surface area contributed by atoms with Gasteiger partial charge in [-0.3, -0.25) is 4.79 Å². The second-order valence-electron chi connectivity index (χ2n) is 7.53. The highest BCUT2D eigenvalue weighted by Gasteiger charge is 2.20. The molecule has 180 valence electrons. The summed E-state index contributed by atoms with van der Waals surface area (Å²) in [5.74, 6) is -0.472. The average molecular weight is 511 g/mol. The second kappa shape index (κ2) is 11.1. The van der Waals surface area contributed by atoms with Crippen LogP contribution in [0.15, 0.2) is 71.1 Å². The van der Waals surface area contributed by atoms with Gasteiger partial charge in [0.1, 0.15) is 16.5 Å². The third-order valence-corrected chi connectivity index (χ3v) is 6.63. The Morgan fingerprint density at radius 1 is 1.09 bits per heavy atom. The van der Waals surface area contributed by atoms with Crippen LogP contribution in [0.2, 0.25) is 5.02 Å². The lowest BCUT2D eigenvalue weighted by atomic mass is 10.1. The van der Waals surface area contributed by atoms with Crippen LogP contribution in [0.3, 0.4) is 0 Å². The van der Waals surface area contributed by atoms with Crippen molar-refractivity contribution in [1.29, 1.82) is 5.26 Å². The van der Waals surface area contributed by atoms with Crippen LogP contribution in [0.1, 0.15) is 23.6 Å². The maximum Gasteiger partial charge on any atom is 0.339 e. The fraction of sp³-hybridized carbons (Fsp3) is 0.154. The van der Waals surface area contributed by atoms with Crippen molar-refractivity contribution in [2.75, 3.05) is 11.9 Å². The van der Waals surface area contributed by atoms with E-state index in [1.807, 2.05) is 13.0 Å². The van der Waals surface area contributed by atoms with Crippen molar-refractivity contribution in [3.05, 3.63) is 87.9 Å². The standard InChI is InChI=1S/C26H23ClN2O5S/c1-4-33-25-15-19(10-13-24(25)34-35(31,32)21-11-8-17(2)9-12-21)14-20(16-28)26(30)29-23-7-5-6-22(27)18(23)3/h5-15H,4H2,1-3H3,(H,29,30)/b20-14+. The molecule has 0 bridgehead atoms. The lowest BCUT2D eigenvalue weighted by Crippen LogP contribution is -2.14. The number of benzene rings is 3. The molecule has 35 heavy (non-hydrogen) atoms. The van der Waals surface area contributed by atoms with E-state index < -0.39 is 16.0 Å². The third-order valence-electron chi connectivity index (χ3n) is 4.97. The van der Waals surface area contributed by atoms with E-state index in [0.717, 1.165) is 5.56 Å².